The molecule has 0 heterocycles. The van der Waals surface area contributed by atoms with Crippen molar-refractivity contribution in [3.8, 4) is 0 Å². The van der Waals surface area contributed by atoms with Gasteiger partial charge in [-0.25, -0.2) is 0 Å². The summed E-state index contributed by atoms with van der Waals surface area (Å²) in [5, 5.41) is 8.97. The van der Waals surface area contributed by atoms with Crippen LogP contribution in [-0.4, -0.2) is 29.9 Å². The molecular formula is C20H25N3O2S. The quantitative estimate of drug-likeness (QED) is 0.623. The lowest BCUT2D eigenvalue weighted by Crippen LogP contribution is -2.43. The Morgan fingerprint density at radius 3 is 2.19 bits per heavy atom. The lowest BCUT2D eigenvalue weighted by molar-refractivity contribution is -0.126. The van der Waals surface area contributed by atoms with Crippen molar-refractivity contribution in [2.24, 2.45) is 0 Å². The van der Waals surface area contributed by atoms with Crippen molar-refractivity contribution in [1.82, 2.24) is 5.32 Å². The first-order chi connectivity index (χ1) is 12.6. The van der Waals surface area contributed by atoms with Crippen LogP contribution in [0.3, 0.4) is 0 Å². The smallest absolute Gasteiger partial charge is 0.246 e. The number of carbonyl (C=O) groups excluding carboxylic acids is 2. The Balaban J connectivity index is 1.96. The number of hydrogen-bond acceptors (Lipinski definition) is 4. The fraction of sp³-hybridized carbons (Fsp3) is 0.300. The second-order valence-corrected chi connectivity index (χ2v) is 6.80. The van der Waals surface area contributed by atoms with Crippen LogP contribution in [0.25, 0.3) is 0 Å². The average molecular weight is 372 g/mol. The summed E-state index contributed by atoms with van der Waals surface area (Å²) < 4.78 is 0. The van der Waals surface area contributed by atoms with Crippen molar-refractivity contribution in [3.05, 3.63) is 54.6 Å². The Hall–Kier alpha value is -2.47. The SMILES string of the molecule is CCC(=O)NC(CCSC)C(=O)Nc1ccc(Nc2ccccc2)cc1. The van der Waals surface area contributed by atoms with Gasteiger partial charge in [0.25, 0.3) is 0 Å². The van der Waals surface area contributed by atoms with Crippen molar-refractivity contribution >= 4 is 40.6 Å². The van der Waals surface area contributed by atoms with E-state index in [0.29, 0.717) is 18.5 Å². The van der Waals surface area contributed by atoms with Crippen LogP contribution in [0.2, 0.25) is 0 Å². The second kappa shape index (κ2) is 10.5. The molecule has 2 aromatic carbocycles. The molecule has 0 saturated heterocycles. The van der Waals surface area contributed by atoms with Crippen molar-refractivity contribution in [2.45, 2.75) is 25.8 Å². The molecule has 2 amide bonds. The summed E-state index contributed by atoms with van der Waals surface area (Å²) in [4.78, 5) is 24.1. The lowest BCUT2D eigenvalue weighted by atomic mass is 10.2. The van der Waals surface area contributed by atoms with E-state index in [-0.39, 0.29) is 11.8 Å². The van der Waals surface area contributed by atoms with Crippen LogP contribution >= 0.6 is 11.8 Å². The molecule has 0 bridgehead atoms. The van der Waals surface area contributed by atoms with E-state index in [1.807, 2.05) is 60.9 Å². The highest BCUT2D eigenvalue weighted by Crippen LogP contribution is 2.19. The first kappa shape index (κ1) is 19.8. The zero-order chi connectivity index (χ0) is 18.8. The molecule has 0 aliphatic carbocycles. The summed E-state index contributed by atoms with van der Waals surface area (Å²) in [7, 11) is 0. The Bertz CT molecular complexity index is 705. The lowest BCUT2D eigenvalue weighted by Gasteiger charge is -2.18. The molecule has 0 aromatic heterocycles. The molecule has 3 N–H and O–H groups in total. The summed E-state index contributed by atoms with van der Waals surface area (Å²) >= 11 is 1.65. The Morgan fingerprint density at radius 2 is 1.58 bits per heavy atom. The normalized spacial score (nSPS) is 11.5. The molecule has 1 unspecified atom stereocenters. The van der Waals surface area contributed by atoms with Crippen LogP contribution in [0.15, 0.2) is 54.6 Å². The highest BCUT2D eigenvalue weighted by Gasteiger charge is 2.19. The third-order valence-electron chi connectivity index (χ3n) is 3.80. The molecule has 2 aromatic rings. The third kappa shape index (κ3) is 6.44. The van der Waals surface area contributed by atoms with Crippen LogP contribution in [0.4, 0.5) is 17.1 Å². The van der Waals surface area contributed by atoms with E-state index in [2.05, 4.69) is 16.0 Å². The monoisotopic (exact) mass is 371 g/mol. The zero-order valence-corrected chi connectivity index (χ0v) is 15.9. The van der Waals surface area contributed by atoms with Gasteiger partial charge in [0.15, 0.2) is 0 Å². The Morgan fingerprint density at radius 1 is 0.962 bits per heavy atom. The number of amides is 2. The molecule has 5 nitrogen and oxygen atoms in total. The second-order valence-electron chi connectivity index (χ2n) is 5.81. The maximum atomic E-state index is 12.5. The van der Waals surface area contributed by atoms with Crippen molar-refractivity contribution in [1.29, 1.82) is 0 Å². The van der Waals surface area contributed by atoms with E-state index in [1.54, 1.807) is 18.7 Å². The first-order valence-electron chi connectivity index (χ1n) is 8.63. The molecule has 0 radical (unpaired) electrons. The fourth-order valence-corrected chi connectivity index (χ4v) is 2.83. The van der Waals surface area contributed by atoms with Gasteiger partial charge in [-0.3, -0.25) is 9.59 Å². The van der Waals surface area contributed by atoms with Gasteiger partial charge in [-0.1, -0.05) is 25.1 Å². The summed E-state index contributed by atoms with van der Waals surface area (Å²) in [6.07, 6.45) is 2.95. The molecular weight excluding hydrogens is 346 g/mol. The van der Waals surface area contributed by atoms with Crippen LogP contribution in [0.5, 0.6) is 0 Å². The standard InChI is InChI=1S/C20H25N3O2S/c1-3-19(24)23-18(13-14-26-2)20(25)22-17-11-9-16(10-12-17)21-15-7-5-4-6-8-15/h4-12,18,21H,3,13-14H2,1-2H3,(H,22,25)(H,23,24). The number of anilines is 3. The molecule has 0 fully saturated rings. The average Bonchev–Trinajstić information content (AvgIpc) is 2.67. The number of carbonyl (C=O) groups is 2. The van der Waals surface area contributed by atoms with Gasteiger partial charge in [0.2, 0.25) is 11.8 Å². The number of rotatable bonds is 9. The molecule has 1 atom stereocenters. The van der Waals surface area contributed by atoms with E-state index in [4.69, 9.17) is 0 Å². The van der Waals surface area contributed by atoms with E-state index >= 15 is 0 Å². The molecule has 2 rings (SSSR count). The maximum absolute atomic E-state index is 12.5. The molecule has 0 spiro atoms. The number of benzene rings is 2. The van der Waals surface area contributed by atoms with Crippen LogP contribution in [-0.2, 0) is 9.59 Å². The first-order valence-corrected chi connectivity index (χ1v) is 10.0. The van der Waals surface area contributed by atoms with Gasteiger partial charge in [-0.15, -0.1) is 0 Å². The largest absolute Gasteiger partial charge is 0.356 e. The van der Waals surface area contributed by atoms with E-state index < -0.39 is 6.04 Å². The topological polar surface area (TPSA) is 70.2 Å². The van der Waals surface area contributed by atoms with Gasteiger partial charge in [-0.2, -0.15) is 11.8 Å². The van der Waals surface area contributed by atoms with Gasteiger partial charge < -0.3 is 16.0 Å². The minimum absolute atomic E-state index is 0.117. The van der Waals surface area contributed by atoms with Crippen molar-refractivity contribution in [2.75, 3.05) is 22.6 Å². The minimum atomic E-state index is -0.517. The van der Waals surface area contributed by atoms with Gasteiger partial charge in [0.05, 0.1) is 0 Å². The number of thioether (sulfide) groups is 1. The Kier molecular flexibility index (Phi) is 8.02. The molecule has 6 heteroatoms. The van der Waals surface area contributed by atoms with E-state index in [0.717, 1.165) is 17.1 Å². The molecule has 26 heavy (non-hydrogen) atoms. The van der Waals surface area contributed by atoms with Crippen LogP contribution < -0.4 is 16.0 Å². The summed E-state index contributed by atoms with van der Waals surface area (Å²) in [6, 6.07) is 16.9. The molecule has 0 aliphatic rings. The van der Waals surface area contributed by atoms with Crippen LogP contribution in [0, 0.1) is 0 Å². The molecule has 138 valence electrons. The maximum Gasteiger partial charge on any atom is 0.246 e. The summed E-state index contributed by atoms with van der Waals surface area (Å²) in [5.41, 5.74) is 2.64. The summed E-state index contributed by atoms with van der Waals surface area (Å²) in [6.45, 7) is 1.78. The van der Waals surface area contributed by atoms with Gasteiger partial charge in [0, 0.05) is 23.5 Å². The highest BCUT2D eigenvalue weighted by atomic mass is 32.2. The number of hydrogen-bond donors (Lipinski definition) is 3. The molecule has 0 aliphatic heterocycles. The van der Waals surface area contributed by atoms with E-state index in [9.17, 15) is 9.59 Å². The van der Waals surface area contributed by atoms with Crippen molar-refractivity contribution < 1.29 is 9.59 Å². The van der Waals surface area contributed by atoms with Crippen LogP contribution in [0.1, 0.15) is 19.8 Å². The fourth-order valence-electron chi connectivity index (χ4n) is 2.36. The Labute approximate surface area is 159 Å². The van der Waals surface area contributed by atoms with Gasteiger partial charge in [-0.05, 0) is 54.8 Å². The summed E-state index contributed by atoms with van der Waals surface area (Å²) in [5.74, 6) is 0.500. The van der Waals surface area contributed by atoms with Gasteiger partial charge >= 0.3 is 0 Å². The number of para-hydroxylation sites is 1. The predicted octanol–water partition coefficient (Wildman–Crippen LogP) is 4.02. The zero-order valence-electron chi connectivity index (χ0n) is 15.1. The predicted molar refractivity (Wildman–Crippen MR) is 110 cm³/mol. The van der Waals surface area contributed by atoms with Gasteiger partial charge in [0.1, 0.15) is 6.04 Å². The highest BCUT2D eigenvalue weighted by molar-refractivity contribution is 7.98. The number of nitrogens with one attached hydrogen (secondary N) is 3. The minimum Gasteiger partial charge on any atom is -0.356 e. The van der Waals surface area contributed by atoms with Crippen molar-refractivity contribution in [3.63, 3.8) is 0 Å². The molecule has 0 saturated carbocycles. The van der Waals surface area contributed by atoms with E-state index in [1.165, 1.54) is 0 Å². The third-order valence-corrected chi connectivity index (χ3v) is 4.44.